The number of hydrogen-bond acceptors (Lipinski definition) is 2. The summed E-state index contributed by atoms with van der Waals surface area (Å²) in [6.45, 7) is 0. The Labute approximate surface area is 148 Å². The summed E-state index contributed by atoms with van der Waals surface area (Å²) in [5.41, 5.74) is 5.50. The van der Waals surface area contributed by atoms with Crippen LogP contribution in [0.25, 0.3) is 5.57 Å². The predicted molar refractivity (Wildman–Crippen MR) is 97.7 cm³/mol. The lowest BCUT2D eigenvalue weighted by Gasteiger charge is -2.52. The first-order valence-corrected chi connectivity index (χ1v) is 9.61. The molecule has 0 saturated heterocycles. The van der Waals surface area contributed by atoms with Crippen LogP contribution in [0.5, 0.6) is 17.2 Å². The molecule has 1 aliphatic heterocycles. The van der Waals surface area contributed by atoms with Crippen LogP contribution in [0.2, 0.25) is 0 Å². The van der Waals surface area contributed by atoms with Gasteiger partial charge in [-0.3, -0.25) is 0 Å². The zero-order chi connectivity index (χ0) is 16.5. The van der Waals surface area contributed by atoms with Crippen molar-refractivity contribution < 1.29 is 9.84 Å². The normalized spacial score (nSPS) is 31.5. The van der Waals surface area contributed by atoms with Crippen molar-refractivity contribution in [3.05, 3.63) is 59.2 Å². The standard InChI is InChI=1S/C23H22O2/c24-17-5-6-19-21(12-17)25-20-4-2-1-3-18(20)23(19)22-15-8-13-7-14(10-15)11-16(22)9-13/h1-6,12-16,24H,7-11H2. The molecule has 4 bridgehead atoms. The molecular formula is C23H22O2. The zero-order valence-corrected chi connectivity index (χ0v) is 14.2. The Bertz CT molecular complexity index is 878. The van der Waals surface area contributed by atoms with Crippen molar-refractivity contribution in [1.29, 1.82) is 0 Å². The fourth-order valence-electron chi connectivity index (χ4n) is 6.24. The summed E-state index contributed by atoms with van der Waals surface area (Å²) < 4.78 is 6.14. The summed E-state index contributed by atoms with van der Waals surface area (Å²) in [6.07, 6.45) is 6.98. The maximum absolute atomic E-state index is 9.94. The van der Waals surface area contributed by atoms with Crippen molar-refractivity contribution in [2.75, 3.05) is 0 Å². The second-order valence-corrected chi connectivity index (χ2v) is 8.41. The predicted octanol–water partition coefficient (Wildman–Crippen LogP) is 5.76. The van der Waals surface area contributed by atoms with Crippen molar-refractivity contribution in [2.24, 2.45) is 23.7 Å². The Balaban J connectivity index is 1.63. The van der Waals surface area contributed by atoms with Gasteiger partial charge < -0.3 is 9.84 Å². The third kappa shape index (κ3) is 1.97. The van der Waals surface area contributed by atoms with Crippen LogP contribution in [0.4, 0.5) is 0 Å². The lowest BCUT2D eigenvalue weighted by molar-refractivity contribution is 0.0705. The van der Waals surface area contributed by atoms with Crippen LogP contribution in [0, 0.1) is 23.7 Å². The number of hydrogen-bond donors (Lipinski definition) is 1. The van der Waals surface area contributed by atoms with Gasteiger partial charge in [-0.2, -0.15) is 0 Å². The molecule has 0 unspecified atom stereocenters. The van der Waals surface area contributed by atoms with Gasteiger partial charge in [0.2, 0.25) is 0 Å². The number of aromatic hydroxyl groups is 1. The Kier molecular flexibility index (Phi) is 2.75. The maximum Gasteiger partial charge on any atom is 0.138 e. The lowest BCUT2D eigenvalue weighted by atomic mass is 9.53. The van der Waals surface area contributed by atoms with Crippen molar-refractivity contribution in [3.63, 3.8) is 0 Å². The summed E-state index contributed by atoms with van der Waals surface area (Å²) in [7, 11) is 0. The van der Waals surface area contributed by atoms with Crippen molar-refractivity contribution >= 4 is 5.57 Å². The van der Waals surface area contributed by atoms with E-state index in [9.17, 15) is 5.11 Å². The SMILES string of the molecule is Oc1ccc2c(c1)Oc1ccccc1C2=C1C2CC3CC(C2)CC1C3. The number of rotatable bonds is 0. The van der Waals surface area contributed by atoms with Crippen LogP contribution in [-0.2, 0) is 0 Å². The molecule has 2 nitrogen and oxygen atoms in total. The van der Waals surface area contributed by atoms with Gasteiger partial charge in [-0.05, 0) is 79.5 Å². The lowest BCUT2D eigenvalue weighted by Crippen LogP contribution is -2.41. The highest BCUT2D eigenvalue weighted by Gasteiger charge is 2.47. The van der Waals surface area contributed by atoms with Gasteiger partial charge >= 0.3 is 0 Å². The monoisotopic (exact) mass is 330 g/mol. The highest BCUT2D eigenvalue weighted by atomic mass is 16.5. The molecule has 7 rings (SSSR count). The van der Waals surface area contributed by atoms with E-state index in [0.717, 1.165) is 35.2 Å². The Morgan fingerprint density at radius 2 is 1.44 bits per heavy atom. The van der Waals surface area contributed by atoms with Crippen LogP contribution in [-0.4, -0.2) is 5.11 Å². The summed E-state index contributed by atoms with van der Waals surface area (Å²) in [4.78, 5) is 0. The van der Waals surface area contributed by atoms with E-state index >= 15 is 0 Å². The van der Waals surface area contributed by atoms with Gasteiger partial charge in [0.05, 0.1) is 0 Å². The molecule has 25 heavy (non-hydrogen) atoms. The van der Waals surface area contributed by atoms with Crippen LogP contribution >= 0.6 is 0 Å². The van der Waals surface area contributed by atoms with Gasteiger partial charge in [-0.15, -0.1) is 0 Å². The molecule has 0 radical (unpaired) electrons. The van der Waals surface area contributed by atoms with Crippen LogP contribution in [0.1, 0.15) is 43.2 Å². The molecule has 2 aromatic rings. The summed E-state index contributed by atoms with van der Waals surface area (Å²) in [5.74, 6) is 5.42. The van der Waals surface area contributed by atoms with Gasteiger partial charge in [0, 0.05) is 17.2 Å². The number of allylic oxidation sites excluding steroid dienone is 1. The molecule has 4 saturated carbocycles. The Hall–Kier alpha value is -2.22. The zero-order valence-electron chi connectivity index (χ0n) is 14.2. The maximum atomic E-state index is 9.94. The molecule has 126 valence electrons. The van der Waals surface area contributed by atoms with E-state index in [2.05, 4.69) is 18.2 Å². The van der Waals surface area contributed by atoms with E-state index in [0.29, 0.717) is 0 Å². The summed E-state index contributed by atoms with van der Waals surface area (Å²) >= 11 is 0. The first-order valence-electron chi connectivity index (χ1n) is 9.61. The second-order valence-electron chi connectivity index (χ2n) is 8.41. The minimum absolute atomic E-state index is 0.271. The fourth-order valence-corrected chi connectivity index (χ4v) is 6.24. The molecule has 4 aliphatic carbocycles. The van der Waals surface area contributed by atoms with E-state index in [-0.39, 0.29) is 5.75 Å². The number of fused-ring (bicyclic) bond motifs is 2. The number of para-hydroxylation sites is 1. The van der Waals surface area contributed by atoms with Gasteiger partial charge in [0.1, 0.15) is 17.2 Å². The third-order valence-electron chi connectivity index (χ3n) is 6.92. The number of phenols is 1. The molecule has 1 N–H and O–H groups in total. The van der Waals surface area contributed by atoms with Crippen LogP contribution in [0.3, 0.4) is 0 Å². The number of ether oxygens (including phenoxy) is 1. The molecule has 1 heterocycles. The Morgan fingerprint density at radius 3 is 2.20 bits per heavy atom. The van der Waals surface area contributed by atoms with E-state index in [4.69, 9.17) is 4.74 Å². The number of phenolic OH excluding ortho intramolecular Hbond substituents is 1. The molecule has 2 aromatic carbocycles. The molecule has 5 aliphatic rings. The van der Waals surface area contributed by atoms with Gasteiger partial charge in [0.15, 0.2) is 0 Å². The first kappa shape index (κ1) is 14.0. The Morgan fingerprint density at radius 1 is 0.760 bits per heavy atom. The average molecular weight is 330 g/mol. The molecule has 0 aromatic heterocycles. The van der Waals surface area contributed by atoms with E-state index in [1.54, 1.807) is 17.7 Å². The molecule has 0 amide bonds. The number of benzene rings is 2. The fraction of sp³-hybridized carbons (Fsp3) is 0.391. The van der Waals surface area contributed by atoms with E-state index in [1.165, 1.54) is 48.8 Å². The third-order valence-corrected chi connectivity index (χ3v) is 6.92. The molecule has 4 fully saturated rings. The van der Waals surface area contributed by atoms with Gasteiger partial charge in [-0.25, -0.2) is 0 Å². The van der Waals surface area contributed by atoms with Crippen molar-refractivity contribution in [3.8, 4) is 17.2 Å². The van der Waals surface area contributed by atoms with Gasteiger partial charge in [0.25, 0.3) is 0 Å². The van der Waals surface area contributed by atoms with E-state index < -0.39 is 0 Å². The summed E-state index contributed by atoms with van der Waals surface area (Å²) in [5, 5.41) is 9.94. The topological polar surface area (TPSA) is 29.5 Å². The highest BCUT2D eigenvalue weighted by Crippen LogP contribution is 2.60. The van der Waals surface area contributed by atoms with Crippen LogP contribution in [0.15, 0.2) is 48.0 Å². The minimum Gasteiger partial charge on any atom is -0.508 e. The van der Waals surface area contributed by atoms with Crippen molar-refractivity contribution in [2.45, 2.75) is 32.1 Å². The van der Waals surface area contributed by atoms with Gasteiger partial charge in [-0.1, -0.05) is 23.8 Å². The molecular weight excluding hydrogens is 308 g/mol. The van der Waals surface area contributed by atoms with Crippen molar-refractivity contribution in [1.82, 2.24) is 0 Å². The minimum atomic E-state index is 0.271. The van der Waals surface area contributed by atoms with E-state index in [1.807, 2.05) is 12.1 Å². The highest BCUT2D eigenvalue weighted by molar-refractivity contribution is 5.90. The molecule has 2 heteroatoms. The largest absolute Gasteiger partial charge is 0.508 e. The molecule has 0 spiro atoms. The molecule has 0 atom stereocenters. The summed E-state index contributed by atoms with van der Waals surface area (Å²) in [6, 6.07) is 14.0. The average Bonchev–Trinajstić information content (AvgIpc) is 2.60. The first-order chi connectivity index (χ1) is 12.3. The van der Waals surface area contributed by atoms with Crippen LogP contribution < -0.4 is 4.74 Å². The quantitative estimate of drug-likeness (QED) is 0.568. The second kappa shape index (κ2) is 4.91. The smallest absolute Gasteiger partial charge is 0.138 e.